The van der Waals surface area contributed by atoms with Crippen LogP contribution in [-0.2, 0) is 28.9 Å². The lowest BCUT2D eigenvalue weighted by molar-refractivity contribution is -0.187. The van der Waals surface area contributed by atoms with Crippen molar-refractivity contribution in [3.63, 3.8) is 0 Å². The van der Waals surface area contributed by atoms with Gasteiger partial charge in [-0.15, -0.1) is 11.8 Å². The smallest absolute Gasteiger partial charge is 0.225 e. The third kappa shape index (κ3) is 4.37. The van der Waals surface area contributed by atoms with Crippen LogP contribution in [0.1, 0.15) is 32.6 Å². The quantitative estimate of drug-likeness (QED) is 0.743. The second kappa shape index (κ2) is 8.49. The van der Waals surface area contributed by atoms with Crippen LogP contribution in [0, 0.1) is 0 Å². The van der Waals surface area contributed by atoms with E-state index in [4.69, 9.17) is 9.47 Å². The number of hydrogen-bond acceptors (Lipinski definition) is 7. The average molecular weight is 455 g/mol. The summed E-state index contributed by atoms with van der Waals surface area (Å²) in [5.41, 5.74) is 0.514. The van der Waals surface area contributed by atoms with Gasteiger partial charge in [0.05, 0.1) is 29.0 Å². The maximum absolute atomic E-state index is 13.1. The lowest BCUT2D eigenvalue weighted by Gasteiger charge is -2.37. The number of piperidine rings is 1. The Bertz CT molecular complexity index is 933. The average Bonchev–Trinajstić information content (AvgIpc) is 3.08. The molecule has 0 aromatic heterocycles. The van der Waals surface area contributed by atoms with Gasteiger partial charge < -0.3 is 19.7 Å². The van der Waals surface area contributed by atoms with Crippen LogP contribution in [0.2, 0.25) is 0 Å². The lowest BCUT2D eigenvalue weighted by Crippen LogP contribution is -2.48. The van der Waals surface area contributed by atoms with Crippen molar-refractivity contribution in [1.29, 1.82) is 0 Å². The second-order valence-electron chi connectivity index (χ2n) is 7.85. The van der Waals surface area contributed by atoms with Gasteiger partial charge in [-0.1, -0.05) is 0 Å². The Morgan fingerprint density at radius 2 is 1.97 bits per heavy atom. The van der Waals surface area contributed by atoms with Crippen molar-refractivity contribution in [3.8, 4) is 0 Å². The van der Waals surface area contributed by atoms with E-state index in [0.29, 0.717) is 57.0 Å². The summed E-state index contributed by atoms with van der Waals surface area (Å²) in [6, 6.07) is 4.78. The summed E-state index contributed by atoms with van der Waals surface area (Å²) in [7, 11) is -3.72. The van der Waals surface area contributed by atoms with E-state index in [2.05, 4.69) is 5.32 Å². The van der Waals surface area contributed by atoms with Crippen LogP contribution in [0.15, 0.2) is 28.0 Å². The summed E-state index contributed by atoms with van der Waals surface area (Å²) < 4.78 is 37.5. The fourth-order valence-corrected chi connectivity index (χ4v) is 6.28. The normalized spacial score (nSPS) is 22.3. The van der Waals surface area contributed by atoms with E-state index in [0.717, 1.165) is 4.90 Å². The summed E-state index contributed by atoms with van der Waals surface area (Å²) in [5, 5.41) is 1.90. The molecule has 4 rings (SSSR count). The first-order valence-electron chi connectivity index (χ1n) is 10.2. The van der Waals surface area contributed by atoms with E-state index in [1.807, 2.05) is 0 Å². The molecule has 0 unspecified atom stereocenters. The summed E-state index contributed by atoms with van der Waals surface area (Å²) in [4.78, 5) is 27.2. The van der Waals surface area contributed by atoms with Crippen molar-refractivity contribution in [3.05, 3.63) is 18.2 Å². The van der Waals surface area contributed by atoms with E-state index >= 15 is 0 Å². The van der Waals surface area contributed by atoms with E-state index in [1.165, 1.54) is 17.8 Å². The van der Waals surface area contributed by atoms with Crippen LogP contribution >= 0.6 is 11.8 Å². The van der Waals surface area contributed by atoms with Crippen LogP contribution in [0.4, 0.5) is 5.69 Å². The lowest BCUT2D eigenvalue weighted by atomic mass is 10.0. The zero-order chi connectivity index (χ0) is 21.4. The molecule has 0 aliphatic carbocycles. The number of anilines is 1. The van der Waals surface area contributed by atoms with Crippen LogP contribution in [0.5, 0.6) is 0 Å². The molecule has 0 saturated carbocycles. The first kappa shape index (κ1) is 21.6. The van der Waals surface area contributed by atoms with Crippen molar-refractivity contribution < 1.29 is 27.5 Å². The molecular weight excluding hydrogens is 428 g/mol. The predicted octanol–water partition coefficient (Wildman–Crippen LogP) is 2.04. The van der Waals surface area contributed by atoms with E-state index in [9.17, 15) is 18.0 Å². The number of carbonyl (C=O) groups excluding carboxylic acids is 2. The Morgan fingerprint density at radius 3 is 2.67 bits per heavy atom. The number of carbonyl (C=O) groups is 2. The fourth-order valence-electron chi connectivity index (χ4n) is 3.98. The third-order valence-corrected chi connectivity index (χ3v) is 9.04. The van der Waals surface area contributed by atoms with Crippen LogP contribution in [0.3, 0.4) is 0 Å². The number of sulfone groups is 1. The molecule has 0 bridgehead atoms. The summed E-state index contributed by atoms with van der Waals surface area (Å²) in [6.45, 7) is 3.69. The van der Waals surface area contributed by atoms with E-state index < -0.39 is 20.9 Å². The number of hydrogen-bond donors (Lipinski definition) is 1. The maximum atomic E-state index is 13.1. The first-order chi connectivity index (χ1) is 14.3. The second-order valence-corrected chi connectivity index (χ2v) is 11.4. The highest BCUT2D eigenvalue weighted by Gasteiger charge is 2.41. The maximum Gasteiger partial charge on any atom is 0.225 e. The Hall–Kier alpha value is -1.62. The summed E-state index contributed by atoms with van der Waals surface area (Å²) >= 11 is 1.52. The van der Waals surface area contributed by atoms with Crippen molar-refractivity contribution >= 4 is 39.1 Å². The molecule has 1 spiro atoms. The highest BCUT2D eigenvalue weighted by Crippen LogP contribution is 2.34. The predicted molar refractivity (Wildman–Crippen MR) is 112 cm³/mol. The highest BCUT2D eigenvalue weighted by molar-refractivity contribution is 7.99. The zero-order valence-corrected chi connectivity index (χ0v) is 18.5. The Kier molecular flexibility index (Phi) is 6.11. The van der Waals surface area contributed by atoms with Gasteiger partial charge in [0.2, 0.25) is 11.8 Å². The third-order valence-electron chi connectivity index (χ3n) is 5.82. The van der Waals surface area contributed by atoms with Crippen LogP contribution in [-0.4, -0.2) is 68.2 Å². The number of nitrogens with one attached hydrogen (secondary N) is 1. The van der Waals surface area contributed by atoms with E-state index in [1.54, 1.807) is 24.0 Å². The van der Waals surface area contributed by atoms with E-state index in [-0.39, 0.29) is 23.1 Å². The molecule has 2 saturated heterocycles. The molecule has 2 amide bonds. The molecule has 164 valence electrons. The van der Waals surface area contributed by atoms with Gasteiger partial charge in [-0.2, -0.15) is 0 Å². The molecular formula is C20H26N2O6S2. The highest BCUT2D eigenvalue weighted by atomic mass is 32.2. The van der Waals surface area contributed by atoms with Crippen LogP contribution < -0.4 is 5.32 Å². The van der Waals surface area contributed by atoms with Crippen molar-refractivity contribution in [2.24, 2.45) is 0 Å². The Labute approximate surface area is 180 Å². The van der Waals surface area contributed by atoms with Crippen molar-refractivity contribution in [1.82, 2.24) is 4.90 Å². The number of rotatable bonds is 4. The molecule has 8 nitrogen and oxygen atoms in total. The molecule has 30 heavy (non-hydrogen) atoms. The molecule has 3 heterocycles. The van der Waals surface area contributed by atoms with Gasteiger partial charge in [-0.25, -0.2) is 8.42 Å². The van der Waals surface area contributed by atoms with Gasteiger partial charge in [-0.05, 0) is 25.1 Å². The molecule has 1 N–H and O–H groups in total. The number of fused-ring (bicyclic) bond motifs is 1. The van der Waals surface area contributed by atoms with Gasteiger partial charge in [0.15, 0.2) is 15.6 Å². The Morgan fingerprint density at radius 1 is 1.27 bits per heavy atom. The zero-order valence-electron chi connectivity index (χ0n) is 16.9. The topological polar surface area (TPSA) is 102 Å². The molecule has 1 aromatic carbocycles. The number of benzene rings is 1. The molecule has 3 aliphatic heterocycles. The molecule has 10 heteroatoms. The number of likely N-dealkylation sites (tertiary alicyclic amines) is 1. The van der Waals surface area contributed by atoms with Crippen LogP contribution in [0.25, 0.3) is 0 Å². The molecule has 3 aliphatic rings. The van der Waals surface area contributed by atoms with Gasteiger partial charge in [-0.3, -0.25) is 9.59 Å². The van der Waals surface area contributed by atoms with Gasteiger partial charge in [0.25, 0.3) is 0 Å². The minimum atomic E-state index is -3.72. The van der Waals surface area contributed by atoms with Crippen molar-refractivity contribution in [2.45, 2.75) is 53.4 Å². The first-order valence-corrected chi connectivity index (χ1v) is 12.7. The standard InChI is InChI=1S/C20H26N2O6S2/c1-14(12-19(24)22-7-5-20(6-8-22)27-9-10-28-20)30(25,26)15-2-3-17-16(13-15)21-18(23)4-11-29-17/h2-3,13-14H,4-12H2,1H3,(H,21,23)/t14-/m0/s1. The number of ether oxygens (including phenoxy) is 2. The van der Waals surface area contributed by atoms with Crippen molar-refractivity contribution in [2.75, 3.05) is 37.4 Å². The monoisotopic (exact) mass is 454 g/mol. The fraction of sp³-hybridized carbons (Fsp3) is 0.600. The minimum absolute atomic E-state index is 0.0881. The van der Waals surface area contributed by atoms with Gasteiger partial charge in [0.1, 0.15) is 0 Å². The Balaban J connectivity index is 1.42. The number of amides is 2. The summed E-state index contributed by atoms with van der Waals surface area (Å²) in [5.74, 6) is -0.225. The number of nitrogens with zero attached hydrogens (tertiary/aromatic N) is 1. The molecule has 2 fully saturated rings. The SMILES string of the molecule is C[C@@H](CC(=O)N1CCC2(CC1)OCCO2)S(=O)(=O)c1ccc2c(c1)NC(=O)CCS2. The molecule has 1 aromatic rings. The number of thioether (sulfide) groups is 1. The van der Waals surface area contributed by atoms with Gasteiger partial charge >= 0.3 is 0 Å². The van der Waals surface area contributed by atoms with Gasteiger partial charge in [0, 0.05) is 49.4 Å². The minimum Gasteiger partial charge on any atom is -0.347 e. The molecule has 0 radical (unpaired) electrons. The molecule has 1 atom stereocenters. The largest absolute Gasteiger partial charge is 0.347 e. The summed E-state index contributed by atoms with van der Waals surface area (Å²) in [6.07, 6.45) is 1.50.